The second-order valence-corrected chi connectivity index (χ2v) is 8.02. The lowest BCUT2D eigenvalue weighted by atomic mass is 10.1. The Hall–Kier alpha value is -2.06. The van der Waals surface area contributed by atoms with Crippen LogP contribution in [0.4, 0.5) is 5.69 Å². The van der Waals surface area contributed by atoms with Gasteiger partial charge in [0.05, 0.1) is 20.2 Å². The van der Waals surface area contributed by atoms with Gasteiger partial charge in [-0.05, 0) is 32.0 Å². The molecule has 2 amide bonds. The van der Waals surface area contributed by atoms with E-state index in [0.29, 0.717) is 18.8 Å². The minimum Gasteiger partial charge on any atom is -0.468 e. The van der Waals surface area contributed by atoms with E-state index in [2.05, 4.69) is 5.32 Å². The molecular formula is C19H27N3O4S. The number of esters is 1. The number of aryl methyl sites for hydroxylation is 2. The average Bonchev–Trinajstić information content (AvgIpc) is 2.64. The Morgan fingerprint density at radius 1 is 1.26 bits per heavy atom. The first kappa shape index (κ1) is 21.2. The van der Waals surface area contributed by atoms with Gasteiger partial charge in [0.2, 0.25) is 11.8 Å². The topological polar surface area (TPSA) is 79.0 Å². The molecule has 1 saturated heterocycles. The molecule has 2 rings (SSSR count). The number of hydrogen-bond acceptors (Lipinski definition) is 6. The standard InChI is InChI=1S/C19H27N3O4S/c1-13-6-5-7-14(2)18(13)20-16(23)11-21(3)12-17(24)22-8-9-27-15(10-22)19(25)26-4/h5-7,15H,8-12H2,1-4H3,(H,20,23)/t15-/m1/s1. The molecule has 148 valence electrons. The summed E-state index contributed by atoms with van der Waals surface area (Å²) in [4.78, 5) is 39.9. The van der Waals surface area contributed by atoms with Gasteiger partial charge < -0.3 is 15.0 Å². The van der Waals surface area contributed by atoms with Gasteiger partial charge in [-0.25, -0.2) is 0 Å². The summed E-state index contributed by atoms with van der Waals surface area (Å²) in [6.45, 7) is 5.07. The number of benzene rings is 1. The maximum Gasteiger partial charge on any atom is 0.320 e. The molecule has 0 unspecified atom stereocenters. The highest BCUT2D eigenvalue weighted by atomic mass is 32.2. The van der Waals surface area contributed by atoms with Gasteiger partial charge in [0.25, 0.3) is 0 Å². The fraction of sp³-hybridized carbons (Fsp3) is 0.526. The first-order valence-corrected chi connectivity index (χ1v) is 9.88. The number of carbonyl (C=O) groups excluding carboxylic acids is 3. The molecule has 1 aromatic rings. The average molecular weight is 394 g/mol. The summed E-state index contributed by atoms with van der Waals surface area (Å²) in [5, 5.41) is 2.58. The van der Waals surface area contributed by atoms with E-state index in [-0.39, 0.29) is 36.1 Å². The van der Waals surface area contributed by atoms with Gasteiger partial charge in [0.1, 0.15) is 5.25 Å². The SMILES string of the molecule is COC(=O)[C@H]1CN(C(=O)CN(C)CC(=O)Nc2c(C)cccc2C)CCS1. The van der Waals surface area contributed by atoms with Gasteiger partial charge in [-0.3, -0.25) is 19.3 Å². The second-order valence-electron chi connectivity index (χ2n) is 6.71. The lowest BCUT2D eigenvalue weighted by Crippen LogP contribution is -2.48. The van der Waals surface area contributed by atoms with Crippen molar-refractivity contribution in [2.45, 2.75) is 19.1 Å². The predicted molar refractivity (Wildman–Crippen MR) is 107 cm³/mol. The molecule has 1 aliphatic rings. The van der Waals surface area contributed by atoms with Crippen molar-refractivity contribution in [2.75, 3.05) is 51.4 Å². The number of carbonyl (C=O) groups is 3. The Balaban J connectivity index is 1.85. The van der Waals surface area contributed by atoms with E-state index < -0.39 is 0 Å². The first-order valence-electron chi connectivity index (χ1n) is 8.83. The lowest BCUT2D eigenvalue weighted by molar-refractivity contribution is -0.141. The highest BCUT2D eigenvalue weighted by molar-refractivity contribution is 8.00. The molecule has 1 N–H and O–H groups in total. The van der Waals surface area contributed by atoms with Gasteiger partial charge in [0, 0.05) is 24.5 Å². The van der Waals surface area contributed by atoms with Gasteiger partial charge in [0.15, 0.2) is 0 Å². The van der Waals surface area contributed by atoms with Crippen LogP contribution < -0.4 is 5.32 Å². The van der Waals surface area contributed by atoms with Gasteiger partial charge in [-0.15, -0.1) is 11.8 Å². The number of amides is 2. The minimum atomic E-state index is -0.342. The third-order valence-electron chi connectivity index (χ3n) is 4.45. The quantitative estimate of drug-likeness (QED) is 0.734. The monoisotopic (exact) mass is 393 g/mol. The summed E-state index contributed by atoms with van der Waals surface area (Å²) in [6, 6.07) is 5.84. The van der Waals surface area contributed by atoms with Crippen molar-refractivity contribution in [3.8, 4) is 0 Å². The Morgan fingerprint density at radius 2 is 1.93 bits per heavy atom. The number of likely N-dealkylation sites (N-methyl/N-ethyl adjacent to an activating group) is 1. The van der Waals surface area contributed by atoms with Gasteiger partial charge in [-0.2, -0.15) is 0 Å². The lowest BCUT2D eigenvalue weighted by Gasteiger charge is -2.32. The van der Waals surface area contributed by atoms with E-state index in [1.165, 1.54) is 18.9 Å². The molecule has 1 heterocycles. The van der Waals surface area contributed by atoms with E-state index in [1.54, 1.807) is 16.8 Å². The molecule has 1 aromatic carbocycles. The number of nitrogens with one attached hydrogen (secondary N) is 1. The Kier molecular flexibility index (Phi) is 7.67. The van der Waals surface area contributed by atoms with Crippen LogP contribution in [0.2, 0.25) is 0 Å². The molecule has 1 aliphatic heterocycles. The number of methoxy groups -OCH3 is 1. The summed E-state index contributed by atoms with van der Waals surface area (Å²) in [7, 11) is 3.09. The van der Waals surface area contributed by atoms with E-state index in [9.17, 15) is 14.4 Å². The number of nitrogens with zero attached hydrogens (tertiary/aromatic N) is 2. The van der Waals surface area contributed by atoms with Crippen molar-refractivity contribution in [2.24, 2.45) is 0 Å². The highest BCUT2D eigenvalue weighted by Crippen LogP contribution is 2.20. The van der Waals surface area contributed by atoms with Crippen molar-refractivity contribution >= 4 is 35.2 Å². The highest BCUT2D eigenvalue weighted by Gasteiger charge is 2.30. The van der Waals surface area contributed by atoms with Gasteiger partial charge in [-0.1, -0.05) is 18.2 Å². The molecule has 0 aromatic heterocycles. The summed E-state index contributed by atoms with van der Waals surface area (Å²) < 4.78 is 4.77. The fourth-order valence-electron chi connectivity index (χ4n) is 2.97. The van der Waals surface area contributed by atoms with Crippen molar-refractivity contribution in [3.05, 3.63) is 29.3 Å². The zero-order chi connectivity index (χ0) is 20.0. The van der Waals surface area contributed by atoms with Crippen LogP contribution in [0.25, 0.3) is 0 Å². The van der Waals surface area contributed by atoms with E-state index in [0.717, 1.165) is 16.8 Å². The fourth-order valence-corrected chi connectivity index (χ4v) is 4.10. The Labute approximate surface area is 164 Å². The smallest absolute Gasteiger partial charge is 0.320 e. The van der Waals surface area contributed by atoms with Crippen molar-refractivity contribution in [1.29, 1.82) is 0 Å². The summed E-state index contributed by atoms with van der Waals surface area (Å²) in [5.74, 6) is 0.136. The zero-order valence-corrected chi connectivity index (χ0v) is 17.1. The van der Waals surface area contributed by atoms with Crippen molar-refractivity contribution in [3.63, 3.8) is 0 Å². The van der Waals surface area contributed by atoms with Gasteiger partial charge >= 0.3 is 5.97 Å². The molecule has 7 nitrogen and oxygen atoms in total. The largest absolute Gasteiger partial charge is 0.468 e. The number of anilines is 1. The van der Waals surface area contributed by atoms with Crippen LogP contribution >= 0.6 is 11.8 Å². The summed E-state index contributed by atoms with van der Waals surface area (Å²) in [5.41, 5.74) is 2.82. The molecule has 8 heteroatoms. The molecule has 0 bridgehead atoms. The van der Waals surface area contributed by atoms with E-state index >= 15 is 0 Å². The van der Waals surface area contributed by atoms with Crippen LogP contribution in [0.5, 0.6) is 0 Å². The number of thioether (sulfide) groups is 1. The number of hydrogen-bond donors (Lipinski definition) is 1. The Bertz CT molecular complexity index is 690. The van der Waals surface area contributed by atoms with Crippen LogP contribution in [0.15, 0.2) is 18.2 Å². The van der Waals surface area contributed by atoms with Crippen LogP contribution in [0, 0.1) is 13.8 Å². The molecule has 0 saturated carbocycles. The summed E-state index contributed by atoms with van der Waals surface area (Å²) in [6.07, 6.45) is 0. The van der Waals surface area contributed by atoms with Crippen LogP contribution in [-0.2, 0) is 19.1 Å². The van der Waals surface area contributed by atoms with Crippen LogP contribution in [0.1, 0.15) is 11.1 Å². The number of ether oxygens (including phenoxy) is 1. The Morgan fingerprint density at radius 3 is 2.56 bits per heavy atom. The van der Waals surface area contributed by atoms with E-state index in [4.69, 9.17) is 4.74 Å². The maximum atomic E-state index is 12.5. The van der Waals surface area contributed by atoms with E-state index in [1.807, 2.05) is 32.0 Å². The van der Waals surface area contributed by atoms with Crippen molar-refractivity contribution in [1.82, 2.24) is 9.80 Å². The van der Waals surface area contributed by atoms with Crippen LogP contribution in [0.3, 0.4) is 0 Å². The third kappa shape index (κ3) is 5.97. The second kappa shape index (κ2) is 9.75. The van der Waals surface area contributed by atoms with Crippen molar-refractivity contribution < 1.29 is 19.1 Å². The molecule has 27 heavy (non-hydrogen) atoms. The molecule has 0 radical (unpaired) electrons. The molecule has 1 atom stereocenters. The first-order chi connectivity index (χ1) is 12.8. The number of rotatable bonds is 6. The molecular weight excluding hydrogens is 366 g/mol. The summed E-state index contributed by atoms with van der Waals surface area (Å²) >= 11 is 1.50. The molecule has 1 fully saturated rings. The normalized spacial score (nSPS) is 16.9. The zero-order valence-electron chi connectivity index (χ0n) is 16.3. The predicted octanol–water partition coefficient (Wildman–Crippen LogP) is 1.29. The van der Waals surface area contributed by atoms with Crippen LogP contribution in [-0.4, -0.2) is 78.9 Å². The molecule has 0 spiro atoms. The maximum absolute atomic E-state index is 12.5. The molecule has 0 aliphatic carbocycles. The third-order valence-corrected chi connectivity index (χ3v) is 5.61. The number of para-hydroxylation sites is 1. The minimum absolute atomic E-state index is 0.0911.